The quantitative estimate of drug-likeness (QED) is 0.576. The molecule has 1 amide bonds. The number of aryl methyl sites for hydroxylation is 1. The van der Waals surface area contributed by atoms with E-state index in [4.69, 9.17) is 15.7 Å². The van der Waals surface area contributed by atoms with Gasteiger partial charge in [-0.25, -0.2) is 8.78 Å². The predicted octanol–water partition coefficient (Wildman–Crippen LogP) is 2.29. The number of amides is 1. The van der Waals surface area contributed by atoms with Gasteiger partial charge in [-0.3, -0.25) is 4.79 Å². The number of carbonyl (C=O) groups excluding carboxylic acids is 1. The van der Waals surface area contributed by atoms with Crippen LogP contribution >= 0.6 is 0 Å². The van der Waals surface area contributed by atoms with Crippen molar-refractivity contribution in [3.63, 3.8) is 0 Å². The van der Waals surface area contributed by atoms with E-state index in [2.05, 4.69) is 11.8 Å². The molecule has 2 aromatic rings. The van der Waals surface area contributed by atoms with Gasteiger partial charge in [0.1, 0.15) is 7.85 Å². The van der Waals surface area contributed by atoms with Gasteiger partial charge in [-0.2, -0.15) is 0 Å². The topological polar surface area (TPSA) is 20.3 Å². The molecule has 2 nitrogen and oxygen atoms in total. The molecule has 0 spiro atoms. The minimum atomic E-state index is -3.76. The van der Waals surface area contributed by atoms with Crippen molar-refractivity contribution in [1.82, 2.24) is 4.90 Å². The number of fused-ring (bicyclic) bond motifs is 1. The molecule has 1 aliphatic carbocycles. The van der Waals surface area contributed by atoms with Crippen LogP contribution in [0.1, 0.15) is 29.5 Å². The summed E-state index contributed by atoms with van der Waals surface area (Å²) in [6.07, 6.45) is 2.13. The lowest BCUT2D eigenvalue weighted by molar-refractivity contribution is -0.0276. The first-order chi connectivity index (χ1) is 14.1. The van der Waals surface area contributed by atoms with Crippen molar-refractivity contribution < 1.29 is 13.6 Å². The molecule has 4 radical (unpaired) electrons. The zero-order valence-electron chi connectivity index (χ0n) is 17.1. The summed E-state index contributed by atoms with van der Waals surface area (Å²) in [5.41, 5.74) is 0.544. The minimum Gasteiger partial charge on any atom is -0.329 e. The van der Waals surface area contributed by atoms with Crippen LogP contribution in [-0.4, -0.2) is 46.0 Å². The van der Waals surface area contributed by atoms with Crippen LogP contribution in [-0.2, 0) is 11.9 Å². The van der Waals surface area contributed by atoms with Gasteiger partial charge in [0.25, 0.3) is 6.71 Å². The number of benzene rings is 2. The summed E-state index contributed by atoms with van der Waals surface area (Å²) < 4.78 is 30.1. The molecule has 1 heterocycles. The highest BCUT2D eigenvalue weighted by atomic mass is 19.3. The Balaban J connectivity index is 1.95. The molecular weight excluding hydrogens is 377 g/mol. The number of rotatable bonds is 3. The van der Waals surface area contributed by atoms with Crippen LogP contribution in [0.25, 0.3) is 0 Å². The summed E-state index contributed by atoms with van der Waals surface area (Å²) in [5, 5.41) is 0. The van der Waals surface area contributed by atoms with E-state index in [-0.39, 0.29) is 11.5 Å². The summed E-state index contributed by atoms with van der Waals surface area (Å²) in [5.74, 6) is 1.55. The number of hydrogen-bond donors (Lipinski definition) is 0. The van der Waals surface area contributed by atoms with E-state index in [1.807, 2.05) is 30.3 Å². The monoisotopic (exact) mass is 397 g/mol. The van der Waals surface area contributed by atoms with E-state index < -0.39 is 23.9 Å². The second-order valence-corrected chi connectivity index (χ2v) is 8.31. The number of halogens is 2. The standard InChI is InChI=1S/C23H20B3F2NO/c1-15-12-18-20(13-19(15)24)26(14-17-6-4-3-5-7-17)21(30)29(2)22(18,23(25,27)28)11-10-16-8-9-16/h3-7,12-13,16H,8-9,14H2,1-2H3. The first-order valence-corrected chi connectivity index (χ1v) is 10.1. The Kier molecular flexibility index (Phi) is 5.08. The number of carbonyl (C=O) groups is 1. The second-order valence-electron chi connectivity index (χ2n) is 8.31. The molecule has 0 bridgehead atoms. The van der Waals surface area contributed by atoms with Crippen LogP contribution in [0.5, 0.6) is 0 Å². The van der Waals surface area contributed by atoms with Gasteiger partial charge in [-0.1, -0.05) is 76.4 Å². The van der Waals surface area contributed by atoms with Crippen molar-refractivity contribution in [3.05, 3.63) is 59.2 Å². The molecule has 7 heteroatoms. The zero-order valence-corrected chi connectivity index (χ0v) is 17.1. The Morgan fingerprint density at radius 3 is 2.53 bits per heavy atom. The highest BCUT2D eigenvalue weighted by Gasteiger charge is 2.59. The van der Waals surface area contributed by atoms with E-state index in [1.54, 1.807) is 19.1 Å². The van der Waals surface area contributed by atoms with Gasteiger partial charge in [0.15, 0.2) is 19.2 Å². The Bertz CT molecular complexity index is 1050. The Hall–Kier alpha value is -2.48. The Labute approximate surface area is 179 Å². The third-order valence-electron chi connectivity index (χ3n) is 6.13. The molecule has 2 aromatic carbocycles. The highest BCUT2D eigenvalue weighted by Crippen LogP contribution is 2.43. The van der Waals surface area contributed by atoms with Crippen molar-refractivity contribution in [2.45, 2.75) is 37.4 Å². The number of nitrogens with zero attached hydrogens (tertiary/aromatic N) is 1. The van der Waals surface area contributed by atoms with Crippen molar-refractivity contribution in [3.8, 4) is 11.8 Å². The van der Waals surface area contributed by atoms with Crippen molar-refractivity contribution >= 4 is 39.1 Å². The van der Waals surface area contributed by atoms with Crippen molar-refractivity contribution in [2.24, 2.45) is 5.92 Å². The molecular formula is C23H20B3F2NO. The fourth-order valence-electron chi connectivity index (χ4n) is 4.18. The van der Waals surface area contributed by atoms with Crippen LogP contribution in [0.4, 0.5) is 13.6 Å². The van der Waals surface area contributed by atoms with Gasteiger partial charge < -0.3 is 4.90 Å². The minimum absolute atomic E-state index is 0.0769. The van der Waals surface area contributed by atoms with Crippen LogP contribution in [0, 0.1) is 24.7 Å². The van der Waals surface area contributed by atoms with E-state index in [0.717, 1.165) is 23.3 Å². The summed E-state index contributed by atoms with van der Waals surface area (Å²) in [6.45, 7) is 1.11. The summed E-state index contributed by atoms with van der Waals surface area (Å²) in [4.78, 5) is 14.5. The number of alkyl halides is 2. The van der Waals surface area contributed by atoms with Crippen LogP contribution in [0.15, 0.2) is 42.5 Å². The smallest absolute Gasteiger partial charge is 0.289 e. The molecule has 1 saturated carbocycles. The van der Waals surface area contributed by atoms with E-state index in [9.17, 15) is 4.79 Å². The lowest BCUT2D eigenvalue weighted by Crippen LogP contribution is -2.69. The fourth-order valence-corrected chi connectivity index (χ4v) is 4.18. The van der Waals surface area contributed by atoms with Crippen molar-refractivity contribution in [1.29, 1.82) is 0 Å². The normalized spacial score (nSPS) is 21.1. The first kappa shape index (κ1) is 20.8. The summed E-state index contributed by atoms with van der Waals surface area (Å²) in [7, 11) is 12.9. The lowest BCUT2D eigenvalue weighted by atomic mass is 9.36. The second kappa shape index (κ2) is 7.34. The van der Waals surface area contributed by atoms with Gasteiger partial charge in [-0.15, -0.1) is 0 Å². The zero-order chi connectivity index (χ0) is 21.7. The molecule has 2 aliphatic rings. The van der Waals surface area contributed by atoms with Gasteiger partial charge in [0.05, 0.1) is 0 Å². The summed E-state index contributed by atoms with van der Waals surface area (Å²) >= 11 is 0. The maximum Gasteiger partial charge on any atom is 0.289 e. The molecule has 0 aromatic heterocycles. The fraction of sp³-hybridized carbons (Fsp3) is 0.348. The van der Waals surface area contributed by atoms with Gasteiger partial charge in [-0.05, 0) is 31.6 Å². The molecule has 0 saturated heterocycles. The lowest BCUT2D eigenvalue weighted by Gasteiger charge is -2.48. The SMILES string of the molecule is [B]c1cc2c(cc1C)C(C#CC1CC1)(C([B])(F)F)N(C)C(=O)B2Cc1ccccc1. The van der Waals surface area contributed by atoms with Gasteiger partial charge in [0.2, 0.25) is 5.82 Å². The van der Waals surface area contributed by atoms with Gasteiger partial charge >= 0.3 is 0 Å². The highest BCUT2D eigenvalue weighted by molar-refractivity contribution is 6.99. The maximum atomic E-state index is 15.1. The first-order valence-electron chi connectivity index (χ1n) is 10.1. The van der Waals surface area contributed by atoms with E-state index >= 15 is 8.78 Å². The largest absolute Gasteiger partial charge is 0.329 e. The van der Waals surface area contributed by atoms with Crippen molar-refractivity contribution in [2.75, 3.05) is 7.05 Å². The average molecular weight is 397 g/mol. The Morgan fingerprint density at radius 1 is 1.27 bits per heavy atom. The van der Waals surface area contributed by atoms with Gasteiger partial charge in [0, 0.05) is 13.0 Å². The third-order valence-corrected chi connectivity index (χ3v) is 6.13. The summed E-state index contributed by atoms with van der Waals surface area (Å²) in [6, 6.07) is 12.7. The predicted molar refractivity (Wildman–Crippen MR) is 118 cm³/mol. The van der Waals surface area contributed by atoms with Crippen LogP contribution in [0.2, 0.25) is 0 Å². The molecule has 1 unspecified atom stereocenters. The van der Waals surface area contributed by atoms with Crippen LogP contribution in [0.3, 0.4) is 0 Å². The molecule has 0 N–H and O–H groups in total. The molecule has 1 aliphatic heterocycles. The third kappa shape index (κ3) is 3.37. The number of hydrogen-bond acceptors (Lipinski definition) is 1. The molecule has 30 heavy (non-hydrogen) atoms. The molecule has 1 atom stereocenters. The average Bonchev–Trinajstić information content (AvgIpc) is 3.51. The van der Waals surface area contributed by atoms with E-state index in [0.29, 0.717) is 22.8 Å². The Morgan fingerprint density at radius 2 is 1.93 bits per heavy atom. The molecule has 146 valence electrons. The van der Waals surface area contributed by atoms with Crippen LogP contribution < -0.4 is 10.9 Å². The molecule has 4 rings (SSSR count). The molecule has 1 fully saturated rings. The maximum absolute atomic E-state index is 15.1. The van der Waals surface area contributed by atoms with E-state index in [1.165, 1.54) is 7.05 Å².